The number of hydrogen-bond donors (Lipinski definition) is 2. The molecule has 1 fully saturated rings. The molecule has 0 aromatic carbocycles. The van der Waals surface area contributed by atoms with E-state index < -0.39 is 0 Å². The average molecular weight is 212 g/mol. The molecule has 4 aliphatic rings. The predicted octanol–water partition coefficient (Wildman–Crippen LogP) is 2.00. The van der Waals surface area contributed by atoms with Crippen LogP contribution in [-0.4, -0.2) is 13.1 Å². The molecular formula is C14H16N2. The van der Waals surface area contributed by atoms with Crippen LogP contribution >= 0.6 is 0 Å². The summed E-state index contributed by atoms with van der Waals surface area (Å²) >= 11 is 0. The third-order valence-corrected chi connectivity index (χ3v) is 4.19. The van der Waals surface area contributed by atoms with Crippen LogP contribution in [0.4, 0.5) is 0 Å². The van der Waals surface area contributed by atoms with Gasteiger partial charge in [-0.3, -0.25) is 0 Å². The Morgan fingerprint density at radius 3 is 3.31 bits per heavy atom. The van der Waals surface area contributed by atoms with Gasteiger partial charge in [0.25, 0.3) is 0 Å². The topological polar surface area (TPSA) is 24.1 Å². The van der Waals surface area contributed by atoms with E-state index >= 15 is 0 Å². The molecule has 82 valence electrons. The van der Waals surface area contributed by atoms with Gasteiger partial charge in [0.15, 0.2) is 0 Å². The normalized spacial score (nSPS) is 30.5. The lowest BCUT2D eigenvalue weighted by atomic mass is 9.75. The highest BCUT2D eigenvalue weighted by Crippen LogP contribution is 2.45. The Morgan fingerprint density at radius 2 is 2.31 bits per heavy atom. The van der Waals surface area contributed by atoms with Gasteiger partial charge in [-0.15, -0.1) is 0 Å². The molecule has 0 saturated carbocycles. The summed E-state index contributed by atoms with van der Waals surface area (Å²) in [6.07, 6.45) is 10.4. The van der Waals surface area contributed by atoms with Gasteiger partial charge in [-0.2, -0.15) is 0 Å². The SMILES string of the molecule is C1=CC2=C(CN1)CC1CNC3=CCCC2=C31. The number of allylic oxidation sites excluding steroid dienone is 5. The van der Waals surface area contributed by atoms with Gasteiger partial charge in [0, 0.05) is 24.7 Å². The molecule has 4 rings (SSSR count). The van der Waals surface area contributed by atoms with Crippen molar-refractivity contribution in [2.75, 3.05) is 13.1 Å². The number of nitrogens with one attached hydrogen (secondary N) is 2. The van der Waals surface area contributed by atoms with Crippen molar-refractivity contribution in [3.63, 3.8) is 0 Å². The van der Waals surface area contributed by atoms with Crippen molar-refractivity contribution in [3.8, 4) is 0 Å². The van der Waals surface area contributed by atoms with Crippen LogP contribution in [-0.2, 0) is 0 Å². The largest absolute Gasteiger partial charge is 0.387 e. The summed E-state index contributed by atoms with van der Waals surface area (Å²) in [5.41, 5.74) is 7.86. The van der Waals surface area contributed by atoms with Crippen LogP contribution in [0, 0.1) is 5.92 Å². The van der Waals surface area contributed by atoms with Gasteiger partial charge in [-0.25, -0.2) is 0 Å². The molecule has 0 spiro atoms. The Balaban J connectivity index is 1.91. The highest BCUT2D eigenvalue weighted by molar-refractivity contribution is 5.59. The quantitative estimate of drug-likeness (QED) is 0.641. The summed E-state index contributed by atoms with van der Waals surface area (Å²) in [6.45, 7) is 2.20. The summed E-state index contributed by atoms with van der Waals surface area (Å²) < 4.78 is 0. The van der Waals surface area contributed by atoms with E-state index in [1.807, 2.05) is 0 Å². The molecule has 0 radical (unpaired) electrons. The Morgan fingerprint density at radius 1 is 1.31 bits per heavy atom. The van der Waals surface area contributed by atoms with Crippen LogP contribution < -0.4 is 10.6 Å². The van der Waals surface area contributed by atoms with Crippen molar-refractivity contribution in [1.29, 1.82) is 0 Å². The van der Waals surface area contributed by atoms with Gasteiger partial charge >= 0.3 is 0 Å². The van der Waals surface area contributed by atoms with E-state index in [2.05, 4.69) is 29.0 Å². The molecule has 1 unspecified atom stereocenters. The molecule has 0 aromatic heterocycles. The van der Waals surface area contributed by atoms with Gasteiger partial charge in [0.05, 0.1) is 0 Å². The molecule has 0 bridgehead atoms. The third-order valence-electron chi connectivity index (χ3n) is 4.19. The van der Waals surface area contributed by atoms with E-state index in [0.717, 1.165) is 19.0 Å². The van der Waals surface area contributed by atoms with E-state index in [9.17, 15) is 0 Å². The first-order valence-electron chi connectivity index (χ1n) is 6.23. The Bertz CT molecular complexity index is 477. The summed E-state index contributed by atoms with van der Waals surface area (Å²) in [5.74, 6) is 0.744. The molecule has 2 nitrogen and oxygen atoms in total. The fourth-order valence-electron chi connectivity index (χ4n) is 3.52. The second-order valence-electron chi connectivity index (χ2n) is 5.06. The number of rotatable bonds is 0. The molecule has 0 amide bonds. The maximum atomic E-state index is 3.57. The smallest absolute Gasteiger partial charge is 0.0363 e. The molecule has 16 heavy (non-hydrogen) atoms. The lowest BCUT2D eigenvalue weighted by Gasteiger charge is -2.31. The van der Waals surface area contributed by atoms with Gasteiger partial charge in [0.2, 0.25) is 0 Å². The molecular weight excluding hydrogens is 196 g/mol. The zero-order valence-electron chi connectivity index (χ0n) is 9.34. The highest BCUT2D eigenvalue weighted by atomic mass is 14.9. The first-order chi connectivity index (χ1) is 7.93. The lowest BCUT2D eigenvalue weighted by molar-refractivity contribution is 0.609. The average Bonchev–Trinajstić information content (AvgIpc) is 2.75. The van der Waals surface area contributed by atoms with E-state index in [-0.39, 0.29) is 0 Å². The zero-order chi connectivity index (χ0) is 10.5. The standard InChI is InChI=1S/C14H16N2/c1-2-12-11-4-5-15-7-9(11)6-10-8-16-13(3-1)14(10)12/h3-5,10,15-16H,1-2,6-8H2. The van der Waals surface area contributed by atoms with Crippen LogP contribution in [0.3, 0.4) is 0 Å². The summed E-state index contributed by atoms with van der Waals surface area (Å²) in [6, 6.07) is 0. The van der Waals surface area contributed by atoms with Gasteiger partial charge in [-0.1, -0.05) is 6.08 Å². The van der Waals surface area contributed by atoms with Crippen molar-refractivity contribution in [3.05, 3.63) is 46.3 Å². The fourth-order valence-corrected chi connectivity index (χ4v) is 3.52. The van der Waals surface area contributed by atoms with Crippen LogP contribution in [0.5, 0.6) is 0 Å². The predicted molar refractivity (Wildman–Crippen MR) is 64.6 cm³/mol. The minimum absolute atomic E-state index is 0.744. The van der Waals surface area contributed by atoms with Crippen molar-refractivity contribution in [2.45, 2.75) is 19.3 Å². The van der Waals surface area contributed by atoms with Gasteiger partial charge in [0.1, 0.15) is 0 Å². The molecule has 1 atom stereocenters. The monoisotopic (exact) mass is 212 g/mol. The Kier molecular flexibility index (Phi) is 1.65. The van der Waals surface area contributed by atoms with Crippen LogP contribution in [0.2, 0.25) is 0 Å². The fraction of sp³-hybridized carbons (Fsp3) is 0.429. The molecule has 2 heterocycles. The van der Waals surface area contributed by atoms with E-state index in [1.165, 1.54) is 25.0 Å². The minimum atomic E-state index is 0.744. The second-order valence-corrected chi connectivity index (χ2v) is 5.06. The zero-order valence-corrected chi connectivity index (χ0v) is 9.34. The van der Waals surface area contributed by atoms with Crippen LogP contribution in [0.15, 0.2) is 46.3 Å². The van der Waals surface area contributed by atoms with Crippen LogP contribution in [0.1, 0.15) is 19.3 Å². The lowest BCUT2D eigenvalue weighted by Crippen LogP contribution is -2.23. The number of fused-ring (bicyclic) bond motifs is 1. The van der Waals surface area contributed by atoms with E-state index in [0.29, 0.717) is 0 Å². The number of hydrogen-bond acceptors (Lipinski definition) is 2. The molecule has 2 heteroatoms. The van der Waals surface area contributed by atoms with Gasteiger partial charge < -0.3 is 10.6 Å². The molecule has 2 aliphatic carbocycles. The molecule has 2 N–H and O–H groups in total. The second kappa shape index (κ2) is 3.03. The number of dihydropyridines is 1. The maximum Gasteiger partial charge on any atom is 0.0363 e. The van der Waals surface area contributed by atoms with E-state index in [1.54, 1.807) is 22.3 Å². The minimum Gasteiger partial charge on any atom is -0.387 e. The van der Waals surface area contributed by atoms with Crippen molar-refractivity contribution >= 4 is 0 Å². The van der Waals surface area contributed by atoms with Crippen molar-refractivity contribution in [1.82, 2.24) is 10.6 Å². The summed E-state index contributed by atoms with van der Waals surface area (Å²) in [7, 11) is 0. The molecule has 0 aromatic rings. The maximum absolute atomic E-state index is 3.57. The van der Waals surface area contributed by atoms with Crippen molar-refractivity contribution < 1.29 is 0 Å². The molecule has 1 saturated heterocycles. The van der Waals surface area contributed by atoms with Crippen LogP contribution in [0.25, 0.3) is 0 Å². The highest BCUT2D eigenvalue weighted by Gasteiger charge is 2.35. The first-order valence-corrected chi connectivity index (χ1v) is 6.23. The van der Waals surface area contributed by atoms with Gasteiger partial charge in [-0.05, 0) is 53.8 Å². The Hall–Kier alpha value is -1.44. The first kappa shape index (κ1) is 8.68. The summed E-state index contributed by atoms with van der Waals surface area (Å²) in [5, 5.41) is 6.91. The Labute approximate surface area is 95.8 Å². The third kappa shape index (κ3) is 1.02. The van der Waals surface area contributed by atoms with E-state index in [4.69, 9.17) is 0 Å². The molecule has 2 aliphatic heterocycles. The van der Waals surface area contributed by atoms with Crippen molar-refractivity contribution in [2.24, 2.45) is 5.92 Å². The summed E-state index contributed by atoms with van der Waals surface area (Å²) in [4.78, 5) is 0.